The summed E-state index contributed by atoms with van der Waals surface area (Å²) in [5.41, 5.74) is 3.79. The van der Waals surface area contributed by atoms with Gasteiger partial charge in [-0.3, -0.25) is 4.79 Å². The molecular formula is C23H22BrN3O. The molecule has 4 nitrogen and oxygen atoms in total. The summed E-state index contributed by atoms with van der Waals surface area (Å²) < 4.78 is 2.89. The largest absolute Gasteiger partial charge is 0.339 e. The van der Waals surface area contributed by atoms with Crippen molar-refractivity contribution in [1.29, 1.82) is 0 Å². The summed E-state index contributed by atoms with van der Waals surface area (Å²) in [7, 11) is 0. The molecule has 1 aliphatic heterocycles. The third-order valence-corrected chi connectivity index (χ3v) is 5.48. The second-order valence-corrected chi connectivity index (χ2v) is 7.86. The van der Waals surface area contributed by atoms with Gasteiger partial charge in [-0.05, 0) is 49.6 Å². The van der Waals surface area contributed by atoms with Crippen molar-refractivity contribution in [3.8, 4) is 16.9 Å². The van der Waals surface area contributed by atoms with Gasteiger partial charge in [0.25, 0.3) is 0 Å². The highest BCUT2D eigenvalue weighted by atomic mass is 79.9. The molecule has 0 unspecified atom stereocenters. The molecular weight excluding hydrogens is 414 g/mol. The Morgan fingerprint density at radius 1 is 0.964 bits per heavy atom. The maximum absolute atomic E-state index is 12.5. The lowest BCUT2D eigenvalue weighted by molar-refractivity contribution is -0.126. The lowest BCUT2D eigenvalue weighted by Gasteiger charge is -2.25. The number of hydrogen-bond acceptors (Lipinski definition) is 2. The molecule has 0 spiro atoms. The van der Waals surface area contributed by atoms with Gasteiger partial charge in [-0.2, -0.15) is 5.10 Å². The average Bonchev–Trinajstić information content (AvgIpc) is 3.18. The first-order valence-corrected chi connectivity index (χ1v) is 10.4. The summed E-state index contributed by atoms with van der Waals surface area (Å²) in [4.78, 5) is 14.5. The van der Waals surface area contributed by atoms with Gasteiger partial charge in [0, 0.05) is 41.0 Å². The van der Waals surface area contributed by atoms with E-state index < -0.39 is 0 Å². The molecule has 142 valence electrons. The van der Waals surface area contributed by atoms with Crippen molar-refractivity contribution >= 4 is 27.9 Å². The summed E-state index contributed by atoms with van der Waals surface area (Å²) in [5.74, 6) is 0.0777. The Balaban J connectivity index is 1.67. The van der Waals surface area contributed by atoms with Crippen LogP contribution in [0.3, 0.4) is 0 Å². The lowest BCUT2D eigenvalue weighted by atomic mass is 10.1. The van der Waals surface area contributed by atoms with Gasteiger partial charge in [-0.25, -0.2) is 4.68 Å². The summed E-state index contributed by atoms with van der Waals surface area (Å²) in [6, 6.07) is 18.1. The zero-order chi connectivity index (χ0) is 19.3. The molecule has 4 rings (SSSR count). The molecule has 2 aromatic carbocycles. The topological polar surface area (TPSA) is 38.1 Å². The number of likely N-dealkylation sites (tertiary alicyclic amines) is 1. The third kappa shape index (κ3) is 4.25. The fourth-order valence-corrected chi connectivity index (χ4v) is 3.70. The first kappa shape index (κ1) is 18.7. The van der Waals surface area contributed by atoms with E-state index in [1.165, 1.54) is 6.42 Å². The molecule has 1 saturated heterocycles. The molecule has 3 aromatic rings. The Morgan fingerprint density at radius 3 is 2.39 bits per heavy atom. The van der Waals surface area contributed by atoms with E-state index in [0.717, 1.165) is 52.9 Å². The number of benzene rings is 2. The van der Waals surface area contributed by atoms with Crippen molar-refractivity contribution in [2.24, 2.45) is 0 Å². The molecule has 1 fully saturated rings. The number of hydrogen-bond donors (Lipinski definition) is 0. The Hall–Kier alpha value is -2.66. The van der Waals surface area contributed by atoms with Crippen LogP contribution in [0.15, 0.2) is 71.3 Å². The van der Waals surface area contributed by atoms with Crippen molar-refractivity contribution in [3.05, 3.63) is 76.9 Å². The van der Waals surface area contributed by atoms with Crippen LogP contribution in [-0.4, -0.2) is 33.7 Å². The van der Waals surface area contributed by atoms with Crippen LogP contribution in [0.4, 0.5) is 0 Å². The highest BCUT2D eigenvalue weighted by Crippen LogP contribution is 2.26. The summed E-state index contributed by atoms with van der Waals surface area (Å²) in [5, 5.41) is 4.80. The minimum atomic E-state index is 0.0777. The van der Waals surface area contributed by atoms with Crippen molar-refractivity contribution in [1.82, 2.24) is 14.7 Å². The lowest BCUT2D eigenvalue weighted by Crippen LogP contribution is -2.34. The number of nitrogens with zero attached hydrogens (tertiary/aromatic N) is 3. The van der Waals surface area contributed by atoms with E-state index in [4.69, 9.17) is 5.10 Å². The quantitative estimate of drug-likeness (QED) is 0.519. The maximum atomic E-state index is 12.5. The second kappa shape index (κ2) is 8.57. The molecule has 0 radical (unpaired) electrons. The van der Waals surface area contributed by atoms with E-state index >= 15 is 0 Å². The standard InChI is InChI=1S/C23H22BrN3O/c24-20-12-9-18(10-13-20)23-19(11-14-22(28)26-15-5-2-6-16-26)17-27(25-23)21-7-3-1-4-8-21/h1,3-4,7-14,17H,2,5-6,15-16H2/b14-11+. The van der Waals surface area contributed by atoms with Crippen molar-refractivity contribution < 1.29 is 4.79 Å². The third-order valence-electron chi connectivity index (χ3n) is 4.95. The Kier molecular flexibility index (Phi) is 5.72. The molecule has 0 N–H and O–H groups in total. The molecule has 2 heterocycles. The van der Waals surface area contributed by atoms with Gasteiger partial charge in [0.1, 0.15) is 0 Å². The van der Waals surface area contributed by atoms with E-state index in [1.54, 1.807) is 6.08 Å². The van der Waals surface area contributed by atoms with Crippen LogP contribution in [0.1, 0.15) is 24.8 Å². The SMILES string of the molecule is O=C(/C=C/c1cn(-c2ccccc2)nc1-c1ccc(Br)cc1)N1CCCCC1. The number of carbonyl (C=O) groups is 1. The van der Waals surface area contributed by atoms with Crippen LogP contribution in [0.5, 0.6) is 0 Å². The number of carbonyl (C=O) groups excluding carboxylic acids is 1. The number of piperidine rings is 1. The van der Waals surface area contributed by atoms with E-state index in [0.29, 0.717) is 0 Å². The summed E-state index contributed by atoms with van der Waals surface area (Å²) in [6.07, 6.45) is 8.95. The monoisotopic (exact) mass is 435 g/mol. The van der Waals surface area contributed by atoms with Crippen LogP contribution < -0.4 is 0 Å². The highest BCUT2D eigenvalue weighted by molar-refractivity contribution is 9.10. The molecule has 0 aliphatic carbocycles. The molecule has 1 aliphatic rings. The molecule has 28 heavy (non-hydrogen) atoms. The number of rotatable bonds is 4. The Morgan fingerprint density at radius 2 is 1.68 bits per heavy atom. The van der Waals surface area contributed by atoms with Crippen molar-refractivity contribution in [2.75, 3.05) is 13.1 Å². The van der Waals surface area contributed by atoms with Crippen LogP contribution in [-0.2, 0) is 4.79 Å². The van der Waals surface area contributed by atoms with Crippen LogP contribution in [0.25, 0.3) is 23.0 Å². The van der Waals surface area contributed by atoms with Gasteiger partial charge in [0.2, 0.25) is 5.91 Å². The van der Waals surface area contributed by atoms with E-state index in [-0.39, 0.29) is 5.91 Å². The minimum Gasteiger partial charge on any atom is -0.339 e. The van der Waals surface area contributed by atoms with Crippen molar-refractivity contribution in [3.63, 3.8) is 0 Å². The van der Waals surface area contributed by atoms with Crippen molar-refractivity contribution in [2.45, 2.75) is 19.3 Å². The fraction of sp³-hybridized carbons (Fsp3) is 0.217. The van der Waals surface area contributed by atoms with E-state index in [9.17, 15) is 4.79 Å². The van der Waals surface area contributed by atoms with Crippen LogP contribution in [0, 0.1) is 0 Å². The van der Waals surface area contributed by atoms with Crippen LogP contribution in [0.2, 0.25) is 0 Å². The zero-order valence-electron chi connectivity index (χ0n) is 15.6. The Labute approximate surface area is 173 Å². The molecule has 5 heteroatoms. The van der Waals surface area contributed by atoms with Gasteiger partial charge in [0.05, 0.1) is 11.4 Å². The predicted molar refractivity (Wildman–Crippen MR) is 116 cm³/mol. The first-order chi connectivity index (χ1) is 13.7. The summed E-state index contributed by atoms with van der Waals surface area (Å²) >= 11 is 3.48. The second-order valence-electron chi connectivity index (χ2n) is 6.94. The van der Waals surface area contributed by atoms with E-state index in [2.05, 4.69) is 15.9 Å². The highest BCUT2D eigenvalue weighted by Gasteiger charge is 2.15. The first-order valence-electron chi connectivity index (χ1n) is 9.59. The summed E-state index contributed by atoms with van der Waals surface area (Å²) in [6.45, 7) is 1.71. The molecule has 0 bridgehead atoms. The normalized spacial score (nSPS) is 14.5. The van der Waals surface area contributed by atoms with Gasteiger partial charge in [-0.1, -0.05) is 46.3 Å². The number of aromatic nitrogens is 2. The molecule has 1 aromatic heterocycles. The van der Waals surface area contributed by atoms with Gasteiger partial charge < -0.3 is 4.90 Å². The number of halogens is 1. The molecule has 1 amide bonds. The minimum absolute atomic E-state index is 0.0777. The predicted octanol–water partition coefficient (Wildman–Crippen LogP) is 5.33. The smallest absolute Gasteiger partial charge is 0.246 e. The zero-order valence-corrected chi connectivity index (χ0v) is 17.2. The van der Waals surface area contributed by atoms with Gasteiger partial charge >= 0.3 is 0 Å². The fourth-order valence-electron chi connectivity index (χ4n) is 3.44. The number of para-hydroxylation sites is 1. The Bertz CT molecular complexity index is 971. The average molecular weight is 436 g/mol. The van der Waals surface area contributed by atoms with Gasteiger partial charge in [-0.15, -0.1) is 0 Å². The van der Waals surface area contributed by atoms with E-state index in [1.807, 2.05) is 76.5 Å². The van der Waals surface area contributed by atoms with Crippen LogP contribution >= 0.6 is 15.9 Å². The molecule has 0 atom stereocenters. The van der Waals surface area contributed by atoms with Gasteiger partial charge in [0.15, 0.2) is 0 Å². The maximum Gasteiger partial charge on any atom is 0.246 e. The molecule has 0 saturated carbocycles. The number of amides is 1.